The van der Waals surface area contributed by atoms with Crippen molar-refractivity contribution in [3.8, 4) is 0 Å². The molecule has 0 bridgehead atoms. The maximum atomic E-state index is 11.5. The summed E-state index contributed by atoms with van der Waals surface area (Å²) in [5, 5.41) is 3.95. The first kappa shape index (κ1) is 14.0. The summed E-state index contributed by atoms with van der Waals surface area (Å²) < 4.78 is 4.74. The number of hydrogen-bond donors (Lipinski definition) is 1. The van der Waals surface area contributed by atoms with E-state index >= 15 is 0 Å². The summed E-state index contributed by atoms with van der Waals surface area (Å²) in [5.41, 5.74) is 0.491. The molecule has 0 saturated heterocycles. The van der Waals surface area contributed by atoms with E-state index in [0.717, 1.165) is 10.6 Å². The van der Waals surface area contributed by atoms with Crippen molar-refractivity contribution in [3.63, 3.8) is 0 Å². The highest BCUT2D eigenvalue weighted by Crippen LogP contribution is 2.17. The summed E-state index contributed by atoms with van der Waals surface area (Å²) in [5.74, 6) is -0.218. The maximum Gasteiger partial charge on any atom is 0.312 e. The summed E-state index contributed by atoms with van der Waals surface area (Å²) in [6, 6.07) is 7.64. The molecule has 94 valence electrons. The number of methoxy groups -OCH3 is 1. The van der Waals surface area contributed by atoms with Gasteiger partial charge in [-0.25, -0.2) is 0 Å². The molecule has 1 rings (SSSR count). The molecular formula is C13H18ClNO2. The zero-order valence-electron chi connectivity index (χ0n) is 10.4. The van der Waals surface area contributed by atoms with Gasteiger partial charge in [-0.2, -0.15) is 0 Å². The predicted octanol–water partition coefficient (Wildman–Crippen LogP) is 2.63. The van der Waals surface area contributed by atoms with Crippen LogP contribution in [0.25, 0.3) is 0 Å². The van der Waals surface area contributed by atoms with E-state index in [1.807, 2.05) is 38.1 Å². The van der Waals surface area contributed by atoms with Crippen molar-refractivity contribution in [2.45, 2.75) is 20.4 Å². The first-order valence-electron chi connectivity index (χ1n) is 5.50. The van der Waals surface area contributed by atoms with E-state index in [-0.39, 0.29) is 5.97 Å². The SMILES string of the molecule is COC(=O)C(C)(C)CNCc1ccccc1Cl. The summed E-state index contributed by atoms with van der Waals surface area (Å²) >= 11 is 6.03. The molecule has 0 aliphatic heterocycles. The number of nitrogens with one attached hydrogen (secondary N) is 1. The van der Waals surface area contributed by atoms with Crippen molar-refractivity contribution in [2.24, 2.45) is 5.41 Å². The Hall–Kier alpha value is -1.06. The molecule has 0 atom stereocenters. The van der Waals surface area contributed by atoms with E-state index in [1.165, 1.54) is 7.11 Å². The largest absolute Gasteiger partial charge is 0.469 e. The number of benzene rings is 1. The zero-order valence-corrected chi connectivity index (χ0v) is 11.2. The van der Waals surface area contributed by atoms with Gasteiger partial charge in [0, 0.05) is 18.1 Å². The van der Waals surface area contributed by atoms with Gasteiger partial charge in [-0.3, -0.25) is 4.79 Å². The van der Waals surface area contributed by atoms with E-state index < -0.39 is 5.41 Å². The molecule has 0 aromatic heterocycles. The van der Waals surface area contributed by atoms with Gasteiger partial charge in [0.25, 0.3) is 0 Å². The van der Waals surface area contributed by atoms with Gasteiger partial charge in [-0.1, -0.05) is 29.8 Å². The minimum atomic E-state index is -0.532. The molecule has 0 aliphatic carbocycles. The molecule has 0 saturated carbocycles. The topological polar surface area (TPSA) is 38.3 Å². The number of hydrogen-bond acceptors (Lipinski definition) is 3. The standard InChI is InChI=1S/C13H18ClNO2/c1-13(2,12(16)17-3)9-15-8-10-6-4-5-7-11(10)14/h4-7,15H,8-9H2,1-3H3. The molecule has 17 heavy (non-hydrogen) atoms. The quantitative estimate of drug-likeness (QED) is 0.822. The number of esters is 1. The molecule has 0 unspecified atom stereocenters. The van der Waals surface area contributed by atoms with Crippen LogP contribution in [0, 0.1) is 5.41 Å². The lowest BCUT2D eigenvalue weighted by Crippen LogP contribution is -2.36. The zero-order chi connectivity index (χ0) is 12.9. The van der Waals surface area contributed by atoms with Crippen LogP contribution in [-0.2, 0) is 16.1 Å². The molecule has 0 radical (unpaired) electrons. The van der Waals surface area contributed by atoms with Crippen LogP contribution in [0.4, 0.5) is 0 Å². The normalized spacial score (nSPS) is 11.3. The monoisotopic (exact) mass is 255 g/mol. The molecule has 0 amide bonds. The van der Waals surface area contributed by atoms with Crippen LogP contribution in [0.3, 0.4) is 0 Å². The van der Waals surface area contributed by atoms with Crippen LogP contribution in [0.1, 0.15) is 19.4 Å². The molecule has 1 aromatic carbocycles. The fourth-order valence-corrected chi connectivity index (χ4v) is 1.70. The van der Waals surface area contributed by atoms with Crippen molar-refractivity contribution in [1.29, 1.82) is 0 Å². The van der Waals surface area contributed by atoms with Gasteiger partial charge in [-0.05, 0) is 25.5 Å². The number of carbonyl (C=O) groups is 1. The second-order valence-corrected chi connectivity index (χ2v) is 4.98. The fraction of sp³-hybridized carbons (Fsp3) is 0.462. The highest BCUT2D eigenvalue weighted by Gasteiger charge is 2.27. The second kappa shape index (κ2) is 6.03. The lowest BCUT2D eigenvalue weighted by Gasteiger charge is -2.21. The molecule has 1 N–H and O–H groups in total. The third-order valence-corrected chi connectivity index (χ3v) is 2.95. The smallest absolute Gasteiger partial charge is 0.312 e. The van der Waals surface area contributed by atoms with Gasteiger partial charge >= 0.3 is 5.97 Å². The Balaban J connectivity index is 2.48. The Morgan fingerprint density at radius 1 is 1.41 bits per heavy atom. The van der Waals surface area contributed by atoms with Crippen molar-refractivity contribution in [3.05, 3.63) is 34.9 Å². The van der Waals surface area contributed by atoms with E-state index in [0.29, 0.717) is 13.1 Å². The third kappa shape index (κ3) is 4.02. The molecule has 0 aliphatic rings. The molecular weight excluding hydrogens is 238 g/mol. The summed E-state index contributed by atoms with van der Waals surface area (Å²) in [6.45, 7) is 4.88. The van der Waals surface area contributed by atoms with E-state index in [4.69, 9.17) is 16.3 Å². The Labute approximate surface area is 107 Å². The van der Waals surface area contributed by atoms with Gasteiger partial charge in [0.2, 0.25) is 0 Å². The van der Waals surface area contributed by atoms with Crippen LogP contribution in [0.2, 0.25) is 5.02 Å². The summed E-state index contributed by atoms with van der Waals surface area (Å²) in [4.78, 5) is 11.5. The number of rotatable bonds is 5. The Morgan fingerprint density at radius 3 is 2.65 bits per heavy atom. The molecule has 0 fully saturated rings. The van der Waals surface area contributed by atoms with E-state index in [9.17, 15) is 4.79 Å². The van der Waals surface area contributed by atoms with Crippen LogP contribution >= 0.6 is 11.6 Å². The van der Waals surface area contributed by atoms with Crippen LogP contribution in [-0.4, -0.2) is 19.6 Å². The van der Waals surface area contributed by atoms with Gasteiger partial charge in [0.05, 0.1) is 12.5 Å². The van der Waals surface area contributed by atoms with Gasteiger partial charge in [0.15, 0.2) is 0 Å². The van der Waals surface area contributed by atoms with Crippen molar-refractivity contribution < 1.29 is 9.53 Å². The van der Waals surface area contributed by atoms with E-state index in [1.54, 1.807) is 0 Å². The minimum absolute atomic E-state index is 0.218. The molecule has 1 aromatic rings. The second-order valence-electron chi connectivity index (χ2n) is 4.57. The lowest BCUT2D eigenvalue weighted by atomic mass is 9.94. The van der Waals surface area contributed by atoms with Crippen molar-refractivity contribution >= 4 is 17.6 Å². The molecule has 4 heteroatoms. The highest BCUT2D eigenvalue weighted by molar-refractivity contribution is 6.31. The van der Waals surface area contributed by atoms with E-state index in [2.05, 4.69) is 5.32 Å². The lowest BCUT2D eigenvalue weighted by molar-refractivity contribution is -0.150. The van der Waals surface area contributed by atoms with Crippen LogP contribution < -0.4 is 5.32 Å². The Kier molecular flexibility index (Phi) is 4.97. The molecule has 0 heterocycles. The molecule has 0 spiro atoms. The average molecular weight is 256 g/mol. The third-order valence-electron chi connectivity index (χ3n) is 2.58. The first-order chi connectivity index (χ1) is 7.97. The van der Waals surface area contributed by atoms with Gasteiger partial charge in [0.1, 0.15) is 0 Å². The Morgan fingerprint density at radius 2 is 2.06 bits per heavy atom. The number of ether oxygens (including phenoxy) is 1. The minimum Gasteiger partial charge on any atom is -0.469 e. The highest BCUT2D eigenvalue weighted by atomic mass is 35.5. The van der Waals surface area contributed by atoms with Crippen LogP contribution in [0.5, 0.6) is 0 Å². The summed E-state index contributed by atoms with van der Waals surface area (Å²) in [7, 11) is 1.40. The fourth-order valence-electron chi connectivity index (χ4n) is 1.50. The summed E-state index contributed by atoms with van der Waals surface area (Å²) in [6.07, 6.45) is 0. The number of carbonyl (C=O) groups excluding carboxylic acids is 1. The predicted molar refractivity (Wildman–Crippen MR) is 69.0 cm³/mol. The van der Waals surface area contributed by atoms with Crippen molar-refractivity contribution in [2.75, 3.05) is 13.7 Å². The average Bonchev–Trinajstić information content (AvgIpc) is 2.30. The maximum absolute atomic E-state index is 11.5. The van der Waals surface area contributed by atoms with Crippen LogP contribution in [0.15, 0.2) is 24.3 Å². The number of halogens is 1. The van der Waals surface area contributed by atoms with Gasteiger partial charge in [-0.15, -0.1) is 0 Å². The Bertz CT molecular complexity index is 391. The first-order valence-corrected chi connectivity index (χ1v) is 5.88. The van der Waals surface area contributed by atoms with Crippen molar-refractivity contribution in [1.82, 2.24) is 5.32 Å². The molecule has 3 nitrogen and oxygen atoms in total. The van der Waals surface area contributed by atoms with Gasteiger partial charge < -0.3 is 10.1 Å².